The molecule has 23 heavy (non-hydrogen) atoms. The lowest BCUT2D eigenvalue weighted by molar-refractivity contribution is -0.146. The Labute approximate surface area is 134 Å². The van der Waals surface area contributed by atoms with Gasteiger partial charge < -0.3 is 15.3 Å². The van der Waals surface area contributed by atoms with Gasteiger partial charge in [-0.05, 0) is 17.2 Å². The Balaban J connectivity index is 1.95. The maximum absolute atomic E-state index is 12.2. The molecule has 0 radical (unpaired) electrons. The van der Waals surface area contributed by atoms with Crippen LogP contribution in [0.25, 0.3) is 0 Å². The van der Waals surface area contributed by atoms with Gasteiger partial charge in [0.15, 0.2) is 0 Å². The van der Waals surface area contributed by atoms with Gasteiger partial charge in [0.05, 0.1) is 6.61 Å². The van der Waals surface area contributed by atoms with Gasteiger partial charge in [0, 0.05) is 32.0 Å². The fourth-order valence-corrected chi connectivity index (χ4v) is 2.08. The van der Waals surface area contributed by atoms with Crippen molar-refractivity contribution in [2.45, 2.75) is 13.1 Å². The number of aromatic nitrogens is 1. The highest BCUT2D eigenvalue weighted by Crippen LogP contribution is 2.05. The van der Waals surface area contributed by atoms with Gasteiger partial charge in [0.25, 0.3) is 0 Å². The Morgan fingerprint density at radius 1 is 1.09 bits per heavy atom. The number of rotatable bonds is 6. The molecule has 0 spiro atoms. The van der Waals surface area contributed by atoms with Crippen LogP contribution in [0.5, 0.6) is 0 Å². The van der Waals surface area contributed by atoms with Gasteiger partial charge >= 0.3 is 11.8 Å². The largest absolute Gasteiger partial charge is 0.395 e. The predicted molar refractivity (Wildman–Crippen MR) is 85.0 cm³/mol. The van der Waals surface area contributed by atoms with Crippen LogP contribution in [0, 0.1) is 0 Å². The monoisotopic (exact) mass is 313 g/mol. The third-order valence-electron chi connectivity index (χ3n) is 3.24. The summed E-state index contributed by atoms with van der Waals surface area (Å²) in [5.74, 6) is -1.36. The molecule has 6 heteroatoms. The zero-order valence-electron chi connectivity index (χ0n) is 12.7. The molecule has 2 aromatic rings. The summed E-state index contributed by atoms with van der Waals surface area (Å²) in [7, 11) is 0. The molecule has 2 amide bonds. The summed E-state index contributed by atoms with van der Waals surface area (Å²) < 4.78 is 0. The molecule has 6 nitrogen and oxygen atoms in total. The van der Waals surface area contributed by atoms with E-state index in [2.05, 4.69) is 10.3 Å². The molecule has 0 unspecified atom stereocenters. The highest BCUT2D eigenvalue weighted by molar-refractivity contribution is 6.34. The molecule has 1 heterocycles. The summed E-state index contributed by atoms with van der Waals surface area (Å²) in [5.41, 5.74) is 1.71. The van der Waals surface area contributed by atoms with E-state index in [9.17, 15) is 9.59 Å². The highest BCUT2D eigenvalue weighted by Gasteiger charge is 2.21. The smallest absolute Gasteiger partial charge is 0.312 e. The minimum absolute atomic E-state index is 0.105. The normalized spacial score (nSPS) is 10.1. The van der Waals surface area contributed by atoms with Crippen molar-refractivity contribution in [2.75, 3.05) is 13.2 Å². The van der Waals surface area contributed by atoms with Gasteiger partial charge in [-0.25, -0.2) is 0 Å². The highest BCUT2D eigenvalue weighted by atomic mass is 16.3. The van der Waals surface area contributed by atoms with Crippen molar-refractivity contribution in [3.8, 4) is 0 Å². The predicted octanol–water partition coefficient (Wildman–Crippen LogP) is 0.719. The number of hydrogen-bond donors (Lipinski definition) is 2. The van der Waals surface area contributed by atoms with Crippen LogP contribution in [0.1, 0.15) is 11.1 Å². The van der Waals surface area contributed by atoms with E-state index in [4.69, 9.17) is 5.11 Å². The van der Waals surface area contributed by atoms with E-state index in [-0.39, 0.29) is 26.2 Å². The lowest BCUT2D eigenvalue weighted by Crippen LogP contribution is -2.43. The Bertz CT molecular complexity index is 632. The first-order valence-corrected chi connectivity index (χ1v) is 7.31. The summed E-state index contributed by atoms with van der Waals surface area (Å²) in [6.07, 6.45) is 3.26. The van der Waals surface area contributed by atoms with Gasteiger partial charge in [-0.3, -0.25) is 14.6 Å². The summed E-state index contributed by atoms with van der Waals surface area (Å²) in [5, 5.41) is 11.7. The number of aliphatic hydroxyl groups excluding tert-OH is 1. The Morgan fingerprint density at radius 3 is 2.48 bits per heavy atom. The Kier molecular flexibility index (Phi) is 6.26. The molecule has 0 saturated heterocycles. The molecule has 1 aromatic heterocycles. The van der Waals surface area contributed by atoms with Gasteiger partial charge in [-0.1, -0.05) is 36.4 Å². The number of carbonyl (C=O) groups excluding carboxylic acids is 2. The molecule has 0 aliphatic rings. The van der Waals surface area contributed by atoms with Gasteiger partial charge in [-0.2, -0.15) is 0 Å². The van der Waals surface area contributed by atoms with Crippen LogP contribution in [-0.2, 0) is 22.7 Å². The van der Waals surface area contributed by atoms with Crippen molar-refractivity contribution in [3.05, 3.63) is 66.0 Å². The van der Waals surface area contributed by atoms with Crippen molar-refractivity contribution < 1.29 is 14.7 Å². The first kappa shape index (κ1) is 16.6. The molecular formula is C17H19N3O3. The van der Waals surface area contributed by atoms with Crippen molar-refractivity contribution >= 4 is 11.8 Å². The van der Waals surface area contributed by atoms with Crippen LogP contribution in [0.3, 0.4) is 0 Å². The van der Waals surface area contributed by atoms with Gasteiger partial charge in [0.1, 0.15) is 0 Å². The SMILES string of the molecule is O=C(NCc1cccnc1)C(=O)N(CCO)Cc1ccccc1. The van der Waals surface area contributed by atoms with Crippen LogP contribution >= 0.6 is 0 Å². The second-order valence-corrected chi connectivity index (χ2v) is 4.98. The van der Waals surface area contributed by atoms with Crippen LogP contribution in [0.15, 0.2) is 54.9 Å². The molecule has 0 aliphatic heterocycles. The lowest BCUT2D eigenvalue weighted by atomic mass is 10.2. The van der Waals surface area contributed by atoms with E-state index in [1.165, 1.54) is 4.90 Å². The fraction of sp³-hybridized carbons (Fsp3) is 0.235. The molecule has 0 atom stereocenters. The number of pyridine rings is 1. The topological polar surface area (TPSA) is 82.5 Å². The van der Waals surface area contributed by atoms with Gasteiger partial charge in [0.2, 0.25) is 0 Å². The second-order valence-electron chi connectivity index (χ2n) is 4.98. The van der Waals surface area contributed by atoms with E-state index < -0.39 is 11.8 Å². The third-order valence-corrected chi connectivity index (χ3v) is 3.24. The van der Waals surface area contributed by atoms with Crippen molar-refractivity contribution in [3.63, 3.8) is 0 Å². The van der Waals surface area contributed by atoms with Crippen molar-refractivity contribution in [2.24, 2.45) is 0 Å². The maximum atomic E-state index is 12.2. The average Bonchev–Trinajstić information content (AvgIpc) is 2.60. The summed E-state index contributed by atoms with van der Waals surface area (Å²) in [6.45, 7) is 0.416. The third kappa shape index (κ3) is 5.19. The zero-order valence-corrected chi connectivity index (χ0v) is 12.7. The van der Waals surface area contributed by atoms with Crippen LogP contribution in [-0.4, -0.2) is 40.0 Å². The molecule has 120 valence electrons. The maximum Gasteiger partial charge on any atom is 0.312 e. The molecule has 2 N–H and O–H groups in total. The van der Waals surface area contributed by atoms with Crippen molar-refractivity contribution in [1.82, 2.24) is 15.2 Å². The second kappa shape index (κ2) is 8.65. The molecule has 0 fully saturated rings. The van der Waals surface area contributed by atoms with Crippen molar-refractivity contribution in [1.29, 1.82) is 0 Å². The minimum Gasteiger partial charge on any atom is -0.395 e. The zero-order chi connectivity index (χ0) is 16.5. The summed E-state index contributed by atoms with van der Waals surface area (Å²) >= 11 is 0. The Hall–Kier alpha value is -2.73. The van der Waals surface area contributed by atoms with Gasteiger partial charge in [-0.15, -0.1) is 0 Å². The molecule has 0 saturated carbocycles. The summed E-state index contributed by atoms with van der Waals surface area (Å²) in [4.78, 5) is 29.5. The summed E-state index contributed by atoms with van der Waals surface area (Å²) in [6, 6.07) is 12.9. The lowest BCUT2D eigenvalue weighted by Gasteiger charge is -2.21. The average molecular weight is 313 g/mol. The number of benzene rings is 1. The Morgan fingerprint density at radius 2 is 1.83 bits per heavy atom. The molecule has 0 aliphatic carbocycles. The fourth-order valence-electron chi connectivity index (χ4n) is 2.08. The molecule has 0 bridgehead atoms. The number of nitrogens with one attached hydrogen (secondary N) is 1. The van der Waals surface area contributed by atoms with E-state index >= 15 is 0 Å². The molecule has 2 rings (SSSR count). The number of aliphatic hydroxyl groups is 1. The number of amides is 2. The van der Waals surface area contributed by atoms with E-state index in [1.54, 1.807) is 18.5 Å². The first-order valence-electron chi connectivity index (χ1n) is 7.31. The first-order chi connectivity index (χ1) is 11.2. The quantitative estimate of drug-likeness (QED) is 0.770. The molecule has 1 aromatic carbocycles. The minimum atomic E-state index is -0.696. The van der Waals surface area contributed by atoms with E-state index in [1.807, 2.05) is 36.4 Å². The van der Waals surface area contributed by atoms with Crippen LogP contribution in [0.4, 0.5) is 0 Å². The number of nitrogens with zero attached hydrogens (tertiary/aromatic N) is 2. The van der Waals surface area contributed by atoms with Crippen LogP contribution in [0.2, 0.25) is 0 Å². The standard InChI is InChI=1S/C17H19N3O3/c21-10-9-20(13-14-5-2-1-3-6-14)17(23)16(22)19-12-15-7-4-8-18-11-15/h1-8,11,21H,9-10,12-13H2,(H,19,22). The van der Waals surface area contributed by atoms with E-state index in [0.717, 1.165) is 11.1 Å². The van der Waals surface area contributed by atoms with E-state index in [0.29, 0.717) is 0 Å². The van der Waals surface area contributed by atoms with Crippen LogP contribution < -0.4 is 5.32 Å². The molecular weight excluding hydrogens is 294 g/mol. The number of carbonyl (C=O) groups is 2. The number of hydrogen-bond acceptors (Lipinski definition) is 4.